The van der Waals surface area contributed by atoms with E-state index in [0.717, 1.165) is 18.2 Å². The molecule has 3 aromatic rings. The highest BCUT2D eigenvalue weighted by atomic mass is 19.4. The van der Waals surface area contributed by atoms with E-state index in [9.17, 15) is 22.0 Å². The lowest BCUT2D eigenvalue weighted by molar-refractivity contribution is -0.141. The zero-order chi connectivity index (χ0) is 20.5. The lowest BCUT2D eigenvalue weighted by Crippen LogP contribution is -2.11. The summed E-state index contributed by atoms with van der Waals surface area (Å²) in [6, 6.07) is 4.93. The monoisotopic (exact) mass is 398 g/mol. The molecule has 0 aliphatic carbocycles. The quantitative estimate of drug-likeness (QED) is 0.542. The minimum Gasteiger partial charge on any atom is -0.363 e. The fraction of sp³-hybridized carbons (Fsp3) is 0.235. The van der Waals surface area contributed by atoms with E-state index in [1.54, 1.807) is 13.8 Å². The molecule has 0 fully saturated rings. The number of aromatic nitrogens is 4. The van der Waals surface area contributed by atoms with Gasteiger partial charge in [0.25, 0.3) is 0 Å². The van der Waals surface area contributed by atoms with Gasteiger partial charge in [0.1, 0.15) is 34.8 Å². The van der Waals surface area contributed by atoms with Crippen LogP contribution in [0.15, 0.2) is 30.3 Å². The van der Waals surface area contributed by atoms with Gasteiger partial charge in [0.2, 0.25) is 0 Å². The van der Waals surface area contributed by atoms with Gasteiger partial charge in [-0.05, 0) is 19.9 Å². The number of rotatable bonds is 5. The number of hydrogen-bond donors (Lipinski definition) is 3. The Morgan fingerprint density at radius 2 is 1.71 bits per heavy atom. The van der Waals surface area contributed by atoms with E-state index in [1.165, 1.54) is 12.1 Å². The van der Waals surface area contributed by atoms with E-state index in [1.807, 2.05) is 5.10 Å². The number of nitrogens with zero attached hydrogens (tertiary/aromatic N) is 3. The summed E-state index contributed by atoms with van der Waals surface area (Å²) in [5, 5.41) is 11.0. The van der Waals surface area contributed by atoms with Crippen molar-refractivity contribution in [2.45, 2.75) is 26.1 Å². The Morgan fingerprint density at radius 3 is 2.36 bits per heavy atom. The summed E-state index contributed by atoms with van der Waals surface area (Å²) in [5.41, 5.74) is -0.770. The molecule has 2 heterocycles. The van der Waals surface area contributed by atoms with E-state index in [2.05, 4.69) is 25.7 Å². The third-order valence-electron chi connectivity index (χ3n) is 3.77. The summed E-state index contributed by atoms with van der Waals surface area (Å²) in [5.74, 6) is -0.643. The molecular formula is C17H15F5N6. The summed E-state index contributed by atoms with van der Waals surface area (Å²) in [7, 11) is 0. The molecule has 0 radical (unpaired) electrons. The first-order valence-electron chi connectivity index (χ1n) is 8.08. The Bertz CT molecular complexity index is 984. The van der Waals surface area contributed by atoms with Crippen molar-refractivity contribution >= 4 is 17.5 Å². The number of aryl methyl sites for hydroxylation is 1. The van der Waals surface area contributed by atoms with Crippen LogP contribution < -0.4 is 10.6 Å². The molecule has 0 saturated carbocycles. The molecule has 148 valence electrons. The standard InChI is InChI=1S/C17H15F5N6/c1-8(11-4-3-10(18)5-12(11)19)23-14-7-15(25-9(2)24-14)26-16-6-13(27-28-16)17(20,21)22/h3-8H,1-2H3,(H3,23,24,25,26,27,28). The molecule has 1 unspecified atom stereocenters. The van der Waals surface area contributed by atoms with E-state index in [-0.39, 0.29) is 17.2 Å². The Hall–Kier alpha value is -3.24. The number of benzene rings is 1. The summed E-state index contributed by atoms with van der Waals surface area (Å²) in [4.78, 5) is 8.25. The first-order valence-corrected chi connectivity index (χ1v) is 8.08. The van der Waals surface area contributed by atoms with E-state index < -0.39 is 29.5 Å². The maximum Gasteiger partial charge on any atom is 0.432 e. The molecule has 0 bridgehead atoms. The van der Waals surface area contributed by atoms with Gasteiger partial charge in [-0.3, -0.25) is 5.10 Å². The van der Waals surface area contributed by atoms with Gasteiger partial charge < -0.3 is 10.6 Å². The zero-order valence-electron chi connectivity index (χ0n) is 14.7. The summed E-state index contributed by atoms with van der Waals surface area (Å²) in [6.45, 7) is 3.25. The molecule has 1 atom stereocenters. The Labute approximate surface area is 156 Å². The topological polar surface area (TPSA) is 78.5 Å². The van der Waals surface area contributed by atoms with Crippen LogP contribution in [0.2, 0.25) is 0 Å². The number of anilines is 3. The van der Waals surface area contributed by atoms with Crippen LogP contribution in [0.3, 0.4) is 0 Å². The van der Waals surface area contributed by atoms with Crippen LogP contribution in [0.1, 0.15) is 30.0 Å². The molecule has 2 aromatic heterocycles. The maximum absolute atomic E-state index is 13.9. The van der Waals surface area contributed by atoms with Gasteiger partial charge in [-0.2, -0.15) is 18.3 Å². The molecule has 0 spiro atoms. The smallest absolute Gasteiger partial charge is 0.363 e. The highest BCUT2D eigenvalue weighted by Crippen LogP contribution is 2.29. The molecule has 0 aliphatic heterocycles. The fourth-order valence-electron chi connectivity index (χ4n) is 2.52. The van der Waals surface area contributed by atoms with E-state index in [4.69, 9.17) is 0 Å². The van der Waals surface area contributed by atoms with Crippen LogP contribution in [0.4, 0.5) is 39.4 Å². The molecule has 0 saturated heterocycles. The van der Waals surface area contributed by atoms with Crippen LogP contribution >= 0.6 is 0 Å². The van der Waals surface area contributed by atoms with Gasteiger partial charge in [0, 0.05) is 23.8 Å². The highest BCUT2D eigenvalue weighted by Gasteiger charge is 2.33. The van der Waals surface area contributed by atoms with Gasteiger partial charge in [-0.15, -0.1) is 0 Å². The van der Waals surface area contributed by atoms with Gasteiger partial charge in [0.15, 0.2) is 5.82 Å². The zero-order valence-corrected chi connectivity index (χ0v) is 14.7. The van der Waals surface area contributed by atoms with Crippen molar-refractivity contribution < 1.29 is 22.0 Å². The fourth-order valence-corrected chi connectivity index (χ4v) is 2.52. The summed E-state index contributed by atoms with van der Waals surface area (Å²) < 4.78 is 64.9. The number of alkyl halides is 3. The van der Waals surface area contributed by atoms with Gasteiger partial charge in [-0.1, -0.05) is 6.07 Å². The predicted molar refractivity (Wildman–Crippen MR) is 92.0 cm³/mol. The number of H-pyrrole nitrogens is 1. The van der Waals surface area contributed by atoms with Crippen LogP contribution in [-0.4, -0.2) is 20.2 Å². The molecule has 0 aliphatic rings. The van der Waals surface area contributed by atoms with Crippen molar-refractivity contribution in [3.05, 3.63) is 59.0 Å². The molecule has 28 heavy (non-hydrogen) atoms. The van der Waals surface area contributed by atoms with Gasteiger partial charge in [0.05, 0.1) is 6.04 Å². The summed E-state index contributed by atoms with van der Waals surface area (Å²) >= 11 is 0. The van der Waals surface area contributed by atoms with Crippen LogP contribution in [-0.2, 0) is 6.18 Å². The third kappa shape index (κ3) is 4.53. The average Bonchev–Trinajstić information content (AvgIpc) is 3.02. The number of halogens is 5. The molecule has 1 aromatic carbocycles. The van der Waals surface area contributed by atoms with Crippen molar-refractivity contribution in [2.75, 3.05) is 10.6 Å². The van der Waals surface area contributed by atoms with Crippen molar-refractivity contribution in [2.24, 2.45) is 0 Å². The summed E-state index contributed by atoms with van der Waals surface area (Å²) in [6.07, 6.45) is -4.55. The van der Waals surface area contributed by atoms with Crippen molar-refractivity contribution in [1.29, 1.82) is 0 Å². The van der Waals surface area contributed by atoms with Crippen molar-refractivity contribution in [3.8, 4) is 0 Å². The molecule has 11 heteroatoms. The van der Waals surface area contributed by atoms with E-state index >= 15 is 0 Å². The van der Waals surface area contributed by atoms with Gasteiger partial charge >= 0.3 is 6.18 Å². The van der Waals surface area contributed by atoms with Crippen molar-refractivity contribution in [3.63, 3.8) is 0 Å². The molecule has 0 amide bonds. The number of hydrogen-bond acceptors (Lipinski definition) is 5. The second-order valence-electron chi connectivity index (χ2n) is 6.01. The minimum atomic E-state index is -4.55. The average molecular weight is 398 g/mol. The Morgan fingerprint density at radius 1 is 1.00 bits per heavy atom. The maximum atomic E-state index is 13.9. The third-order valence-corrected chi connectivity index (χ3v) is 3.77. The largest absolute Gasteiger partial charge is 0.432 e. The second kappa shape index (κ2) is 7.41. The minimum absolute atomic E-state index is 0.0750. The Kier molecular flexibility index (Phi) is 5.16. The lowest BCUT2D eigenvalue weighted by Gasteiger charge is -2.16. The molecule has 6 nitrogen and oxygen atoms in total. The van der Waals surface area contributed by atoms with E-state index in [0.29, 0.717) is 11.6 Å². The normalized spacial score (nSPS) is 12.7. The van der Waals surface area contributed by atoms with Crippen LogP contribution in [0, 0.1) is 18.6 Å². The number of aromatic amines is 1. The first kappa shape index (κ1) is 19.5. The Balaban J connectivity index is 1.78. The molecular weight excluding hydrogens is 383 g/mol. The molecule has 3 rings (SSSR count). The van der Waals surface area contributed by atoms with Gasteiger partial charge in [-0.25, -0.2) is 18.7 Å². The lowest BCUT2D eigenvalue weighted by atomic mass is 10.1. The van der Waals surface area contributed by atoms with Crippen LogP contribution in [0.25, 0.3) is 0 Å². The number of nitrogens with one attached hydrogen (secondary N) is 3. The van der Waals surface area contributed by atoms with Crippen LogP contribution in [0.5, 0.6) is 0 Å². The predicted octanol–water partition coefficient (Wildman–Crippen LogP) is 4.72. The highest BCUT2D eigenvalue weighted by molar-refractivity contribution is 5.57. The first-order chi connectivity index (χ1) is 13.1. The van der Waals surface area contributed by atoms with Crippen molar-refractivity contribution in [1.82, 2.24) is 20.2 Å². The SMILES string of the molecule is Cc1nc(Nc2cc(C(F)(F)F)[nH]n2)cc(NC(C)c2ccc(F)cc2F)n1. The molecule has 3 N–H and O–H groups in total. The second-order valence-corrected chi connectivity index (χ2v) is 6.01.